The molecule has 1 N–H and O–H groups in total. The first-order chi connectivity index (χ1) is 18.5. The van der Waals surface area contributed by atoms with Crippen molar-refractivity contribution in [3.8, 4) is 0 Å². The van der Waals surface area contributed by atoms with Crippen molar-refractivity contribution in [3.05, 3.63) is 12.2 Å². The summed E-state index contributed by atoms with van der Waals surface area (Å²) in [6.07, 6.45) is 16.8. The Labute approximate surface area is 240 Å². The number of carbonyl (C=O) groups is 1. The van der Waals surface area contributed by atoms with Crippen LogP contribution in [0.5, 0.6) is 0 Å². The summed E-state index contributed by atoms with van der Waals surface area (Å²) in [7, 11) is 0. The van der Waals surface area contributed by atoms with Crippen molar-refractivity contribution < 1.29 is 19.4 Å². The molecule has 4 nitrogen and oxygen atoms in total. The minimum atomic E-state index is -0.511. The normalized spacial score (nSPS) is 39.4. The van der Waals surface area contributed by atoms with Gasteiger partial charge in [-0.25, -0.2) is 4.79 Å². The molecule has 0 spiro atoms. The summed E-state index contributed by atoms with van der Waals surface area (Å²) in [6, 6.07) is 0. The third-order valence-electron chi connectivity index (χ3n) is 12.4. The summed E-state index contributed by atoms with van der Waals surface area (Å²) in [6.45, 7) is 18.3. The molecule has 4 rings (SSSR count). The van der Waals surface area contributed by atoms with Gasteiger partial charge in [-0.1, -0.05) is 60.5 Å². The molecule has 0 bridgehead atoms. The van der Waals surface area contributed by atoms with Crippen LogP contribution >= 0.6 is 0 Å². The molecule has 224 valence electrons. The van der Waals surface area contributed by atoms with Gasteiger partial charge in [-0.05, 0) is 117 Å². The molecule has 0 radical (unpaired) electrons. The topological polar surface area (TPSA) is 55.8 Å². The molecule has 0 heterocycles. The van der Waals surface area contributed by atoms with E-state index in [-0.39, 0.29) is 6.61 Å². The van der Waals surface area contributed by atoms with Gasteiger partial charge in [0.2, 0.25) is 0 Å². The van der Waals surface area contributed by atoms with Gasteiger partial charge in [-0.3, -0.25) is 0 Å². The Hall–Kier alpha value is -0.870. The standard InChI is InChI=1S/C35H60O4/c1-23(2)9-8-10-25(5)30-13-14-31-29-12-11-26-21-27(38-20-17-28(22-36)39-33(37)24(3)4)15-18-34(26,6)32(29)16-19-35(30,31)7/h23,25-32,36H,3,8-22H2,1-2,4-7H3/t25-,26+,27+,28?,29+,30-,31+,32+,34+,35-/m1/s1. The van der Waals surface area contributed by atoms with Crippen LogP contribution in [0.3, 0.4) is 0 Å². The number of aliphatic hydroxyl groups excluding tert-OH is 1. The third kappa shape index (κ3) is 6.63. The summed E-state index contributed by atoms with van der Waals surface area (Å²) in [4.78, 5) is 11.8. The first kappa shape index (κ1) is 31.1. The fraction of sp³-hybridized carbons (Fsp3) is 0.914. The number of carbonyl (C=O) groups excluding carboxylic acids is 1. The fourth-order valence-electron chi connectivity index (χ4n) is 10.2. The Kier molecular flexibility index (Phi) is 10.3. The van der Waals surface area contributed by atoms with E-state index in [1.54, 1.807) is 6.92 Å². The van der Waals surface area contributed by atoms with Crippen molar-refractivity contribution >= 4 is 5.97 Å². The number of ether oxygens (including phenoxy) is 2. The molecule has 4 fully saturated rings. The first-order valence-electron chi connectivity index (χ1n) is 16.6. The Bertz CT molecular complexity index is 837. The van der Waals surface area contributed by atoms with Crippen LogP contribution in [-0.2, 0) is 14.3 Å². The first-order valence-corrected chi connectivity index (χ1v) is 16.6. The SMILES string of the molecule is C=C(C)C(=O)OC(CO)CCO[C@H]1CC[C@@]2(C)[C@@H](CC[C@@H]3[C@@H]2CC[C@]2(C)[C@@H]([C@H](C)CCCC(C)C)CC[C@@H]32)C1. The van der Waals surface area contributed by atoms with Gasteiger partial charge in [0.05, 0.1) is 19.3 Å². The monoisotopic (exact) mass is 544 g/mol. The molecule has 0 saturated heterocycles. The Morgan fingerprint density at radius 2 is 1.67 bits per heavy atom. The largest absolute Gasteiger partial charge is 0.456 e. The van der Waals surface area contributed by atoms with Crippen LogP contribution in [0.15, 0.2) is 12.2 Å². The second-order valence-corrected chi connectivity index (χ2v) is 15.2. The maximum absolute atomic E-state index is 11.8. The van der Waals surface area contributed by atoms with E-state index in [1.807, 2.05) is 0 Å². The lowest BCUT2D eigenvalue weighted by Gasteiger charge is -2.61. The molecular weight excluding hydrogens is 484 g/mol. The zero-order chi connectivity index (χ0) is 28.4. The molecule has 0 amide bonds. The van der Waals surface area contributed by atoms with E-state index in [0.717, 1.165) is 47.8 Å². The molecule has 4 aliphatic rings. The Morgan fingerprint density at radius 1 is 0.949 bits per heavy atom. The molecule has 0 aromatic heterocycles. The summed E-state index contributed by atoms with van der Waals surface area (Å²) in [5.41, 5.74) is 1.40. The van der Waals surface area contributed by atoms with E-state index in [1.165, 1.54) is 70.6 Å². The molecule has 4 heteroatoms. The van der Waals surface area contributed by atoms with Gasteiger partial charge >= 0.3 is 5.97 Å². The number of esters is 1. The molecule has 4 saturated carbocycles. The quantitative estimate of drug-likeness (QED) is 0.198. The number of fused-ring (bicyclic) bond motifs is 5. The van der Waals surface area contributed by atoms with Crippen molar-refractivity contribution in [1.82, 2.24) is 0 Å². The summed E-state index contributed by atoms with van der Waals surface area (Å²) in [5.74, 6) is 5.75. The zero-order valence-electron chi connectivity index (χ0n) is 26.2. The lowest BCUT2D eigenvalue weighted by molar-refractivity contribution is -0.149. The Balaban J connectivity index is 1.30. The second-order valence-electron chi connectivity index (χ2n) is 15.2. The van der Waals surface area contributed by atoms with Crippen LogP contribution in [0.4, 0.5) is 0 Å². The van der Waals surface area contributed by atoms with Crippen molar-refractivity contribution in [3.63, 3.8) is 0 Å². The van der Waals surface area contributed by atoms with Gasteiger partial charge in [-0.2, -0.15) is 0 Å². The molecule has 10 atom stereocenters. The highest BCUT2D eigenvalue weighted by molar-refractivity contribution is 5.87. The maximum Gasteiger partial charge on any atom is 0.333 e. The fourth-order valence-corrected chi connectivity index (χ4v) is 10.2. The predicted molar refractivity (Wildman–Crippen MR) is 159 cm³/mol. The minimum Gasteiger partial charge on any atom is -0.456 e. The highest BCUT2D eigenvalue weighted by Gasteiger charge is 2.60. The maximum atomic E-state index is 11.8. The molecule has 1 unspecified atom stereocenters. The van der Waals surface area contributed by atoms with E-state index in [2.05, 4.69) is 41.2 Å². The van der Waals surface area contributed by atoms with Gasteiger partial charge < -0.3 is 14.6 Å². The second kappa shape index (κ2) is 13.0. The third-order valence-corrected chi connectivity index (χ3v) is 12.4. The molecule has 0 aliphatic heterocycles. The molecule has 39 heavy (non-hydrogen) atoms. The number of hydrogen-bond donors (Lipinski definition) is 1. The van der Waals surface area contributed by atoms with E-state index >= 15 is 0 Å². The van der Waals surface area contributed by atoms with Gasteiger partial charge in [0, 0.05) is 12.0 Å². The van der Waals surface area contributed by atoms with Crippen molar-refractivity contribution in [1.29, 1.82) is 0 Å². The zero-order valence-corrected chi connectivity index (χ0v) is 26.2. The van der Waals surface area contributed by atoms with Gasteiger partial charge in [0.15, 0.2) is 0 Å². The lowest BCUT2D eigenvalue weighted by atomic mass is 9.44. The number of rotatable bonds is 12. The van der Waals surface area contributed by atoms with Crippen LogP contribution in [0, 0.1) is 52.3 Å². The van der Waals surface area contributed by atoms with Crippen molar-refractivity contribution in [2.75, 3.05) is 13.2 Å². The van der Waals surface area contributed by atoms with Gasteiger partial charge in [0.1, 0.15) is 6.10 Å². The van der Waals surface area contributed by atoms with E-state index in [0.29, 0.717) is 35.5 Å². The Morgan fingerprint density at radius 3 is 2.36 bits per heavy atom. The molecule has 0 aromatic rings. The van der Waals surface area contributed by atoms with E-state index in [9.17, 15) is 9.90 Å². The summed E-state index contributed by atoms with van der Waals surface area (Å²) >= 11 is 0. The highest BCUT2D eigenvalue weighted by atomic mass is 16.6. The predicted octanol–water partition coefficient (Wildman–Crippen LogP) is 8.36. The number of hydrogen-bond acceptors (Lipinski definition) is 4. The smallest absolute Gasteiger partial charge is 0.333 e. The summed E-state index contributed by atoms with van der Waals surface area (Å²) < 4.78 is 11.7. The van der Waals surface area contributed by atoms with Crippen LogP contribution in [0.25, 0.3) is 0 Å². The average Bonchev–Trinajstić information content (AvgIpc) is 3.25. The van der Waals surface area contributed by atoms with E-state index < -0.39 is 12.1 Å². The van der Waals surface area contributed by atoms with Crippen LogP contribution in [0.1, 0.15) is 125 Å². The highest BCUT2D eigenvalue weighted by Crippen LogP contribution is 2.68. The van der Waals surface area contributed by atoms with Crippen molar-refractivity contribution in [2.24, 2.45) is 52.3 Å². The van der Waals surface area contributed by atoms with Crippen molar-refractivity contribution in [2.45, 2.75) is 137 Å². The lowest BCUT2D eigenvalue weighted by Crippen LogP contribution is -2.54. The molecule has 0 aromatic carbocycles. The van der Waals surface area contributed by atoms with Crippen LogP contribution in [0.2, 0.25) is 0 Å². The number of aliphatic hydroxyl groups is 1. The van der Waals surface area contributed by atoms with Gasteiger partial charge in [0.25, 0.3) is 0 Å². The molecule has 4 aliphatic carbocycles. The van der Waals surface area contributed by atoms with E-state index in [4.69, 9.17) is 9.47 Å². The minimum absolute atomic E-state index is 0.172. The van der Waals surface area contributed by atoms with Crippen LogP contribution in [-0.4, -0.2) is 36.5 Å². The van der Waals surface area contributed by atoms with Crippen LogP contribution < -0.4 is 0 Å². The average molecular weight is 545 g/mol. The summed E-state index contributed by atoms with van der Waals surface area (Å²) in [5, 5.41) is 9.62. The van der Waals surface area contributed by atoms with Gasteiger partial charge in [-0.15, -0.1) is 0 Å². The molecular formula is C35H60O4.